The van der Waals surface area contributed by atoms with E-state index in [9.17, 15) is 9.59 Å². The first-order chi connectivity index (χ1) is 11.7. The van der Waals surface area contributed by atoms with Gasteiger partial charge in [0.25, 0.3) is 5.56 Å². The first-order valence-corrected chi connectivity index (χ1v) is 7.60. The van der Waals surface area contributed by atoms with Crippen LogP contribution in [0.5, 0.6) is 5.75 Å². The van der Waals surface area contributed by atoms with Crippen molar-refractivity contribution in [2.75, 3.05) is 7.11 Å². The zero-order chi connectivity index (χ0) is 16.9. The molecule has 124 valence electrons. The third kappa shape index (κ3) is 3.45. The topological polar surface area (TPSA) is 77.6 Å². The van der Waals surface area contributed by atoms with Crippen LogP contribution in [0, 0.1) is 0 Å². The van der Waals surface area contributed by atoms with Crippen LogP contribution in [0.1, 0.15) is 12.0 Å². The van der Waals surface area contributed by atoms with E-state index in [0.717, 1.165) is 11.3 Å². The van der Waals surface area contributed by atoms with Gasteiger partial charge < -0.3 is 14.6 Å². The molecule has 24 heavy (non-hydrogen) atoms. The number of amides is 1. The molecule has 0 unspecified atom stereocenters. The summed E-state index contributed by atoms with van der Waals surface area (Å²) in [6.45, 7) is 0.772. The molecular weight excluding hydrogens is 308 g/mol. The predicted octanol–water partition coefficient (Wildman–Crippen LogP) is 1.21. The molecule has 1 amide bonds. The number of aryl methyl sites for hydroxylation is 1. The molecule has 0 saturated carbocycles. The molecule has 3 rings (SSSR count). The minimum Gasteiger partial charge on any atom is -0.497 e. The summed E-state index contributed by atoms with van der Waals surface area (Å²) in [4.78, 5) is 24.2. The minimum atomic E-state index is -0.155. The van der Waals surface area contributed by atoms with Crippen LogP contribution < -0.4 is 15.6 Å². The van der Waals surface area contributed by atoms with Crippen molar-refractivity contribution in [2.45, 2.75) is 19.5 Å². The molecule has 2 aromatic heterocycles. The molecule has 3 aromatic rings. The molecule has 1 N–H and O–H groups in total. The predicted molar refractivity (Wildman–Crippen MR) is 88.9 cm³/mol. The first kappa shape index (κ1) is 15.8. The van der Waals surface area contributed by atoms with E-state index >= 15 is 0 Å². The monoisotopic (exact) mass is 326 g/mol. The van der Waals surface area contributed by atoms with E-state index in [2.05, 4.69) is 10.4 Å². The van der Waals surface area contributed by atoms with Crippen LogP contribution in [-0.2, 0) is 17.9 Å². The lowest BCUT2D eigenvalue weighted by Gasteiger charge is -2.08. The third-order valence-corrected chi connectivity index (χ3v) is 3.77. The lowest BCUT2D eigenvalue weighted by molar-refractivity contribution is -0.121. The fourth-order valence-corrected chi connectivity index (χ4v) is 2.39. The van der Waals surface area contributed by atoms with Crippen molar-refractivity contribution in [3.63, 3.8) is 0 Å². The molecule has 7 nitrogen and oxygen atoms in total. The highest BCUT2D eigenvalue weighted by atomic mass is 16.5. The molecule has 0 radical (unpaired) electrons. The summed E-state index contributed by atoms with van der Waals surface area (Å²) >= 11 is 0. The highest BCUT2D eigenvalue weighted by Crippen LogP contribution is 2.10. The minimum absolute atomic E-state index is 0.105. The summed E-state index contributed by atoms with van der Waals surface area (Å²) in [5, 5.41) is 6.85. The van der Waals surface area contributed by atoms with Gasteiger partial charge in [0.1, 0.15) is 11.3 Å². The fraction of sp³-hybridized carbons (Fsp3) is 0.235. The van der Waals surface area contributed by atoms with Crippen molar-refractivity contribution in [1.29, 1.82) is 0 Å². The summed E-state index contributed by atoms with van der Waals surface area (Å²) in [5.41, 5.74) is 1.33. The zero-order valence-corrected chi connectivity index (χ0v) is 13.3. The van der Waals surface area contributed by atoms with Crippen LogP contribution in [-0.4, -0.2) is 27.2 Å². The van der Waals surface area contributed by atoms with Crippen LogP contribution in [0.3, 0.4) is 0 Å². The third-order valence-electron chi connectivity index (χ3n) is 3.77. The maximum Gasteiger partial charge on any atom is 0.276 e. The smallest absolute Gasteiger partial charge is 0.276 e. The normalized spacial score (nSPS) is 10.7. The van der Waals surface area contributed by atoms with E-state index in [1.165, 1.54) is 9.08 Å². The van der Waals surface area contributed by atoms with Gasteiger partial charge in [-0.3, -0.25) is 9.59 Å². The summed E-state index contributed by atoms with van der Waals surface area (Å²) in [6.07, 6.45) is 5.15. The van der Waals surface area contributed by atoms with Gasteiger partial charge in [0.15, 0.2) is 0 Å². The van der Waals surface area contributed by atoms with E-state index in [1.54, 1.807) is 31.8 Å². The number of hydrogen-bond donors (Lipinski definition) is 1. The second kappa shape index (κ2) is 6.99. The van der Waals surface area contributed by atoms with Gasteiger partial charge in [-0.25, -0.2) is 4.52 Å². The van der Waals surface area contributed by atoms with Crippen LogP contribution in [0.4, 0.5) is 0 Å². The van der Waals surface area contributed by atoms with Gasteiger partial charge >= 0.3 is 0 Å². The van der Waals surface area contributed by atoms with E-state index in [1.807, 2.05) is 24.3 Å². The summed E-state index contributed by atoms with van der Waals surface area (Å²) < 4.78 is 8.13. The van der Waals surface area contributed by atoms with Crippen LogP contribution in [0.25, 0.3) is 5.52 Å². The number of nitrogens with one attached hydrogen (secondary N) is 1. The van der Waals surface area contributed by atoms with Gasteiger partial charge in [-0.2, -0.15) is 5.10 Å². The van der Waals surface area contributed by atoms with E-state index in [-0.39, 0.29) is 17.9 Å². The lowest BCUT2D eigenvalue weighted by Crippen LogP contribution is -2.27. The average molecular weight is 326 g/mol. The van der Waals surface area contributed by atoms with Crippen LogP contribution in [0.15, 0.2) is 53.7 Å². The Morgan fingerprint density at radius 3 is 2.75 bits per heavy atom. The van der Waals surface area contributed by atoms with Gasteiger partial charge in [0.05, 0.1) is 13.3 Å². The number of rotatable bonds is 6. The van der Waals surface area contributed by atoms with Gasteiger partial charge in [-0.05, 0) is 23.8 Å². The number of benzene rings is 1. The highest BCUT2D eigenvalue weighted by Gasteiger charge is 2.06. The highest BCUT2D eigenvalue weighted by molar-refractivity contribution is 5.75. The van der Waals surface area contributed by atoms with Gasteiger partial charge in [0.2, 0.25) is 5.91 Å². The molecule has 1 aromatic carbocycles. The van der Waals surface area contributed by atoms with Gasteiger partial charge in [-0.15, -0.1) is 0 Å². The summed E-state index contributed by atoms with van der Waals surface area (Å²) in [6, 6.07) is 9.15. The fourth-order valence-electron chi connectivity index (χ4n) is 2.39. The molecule has 0 aliphatic heterocycles. The number of hydrogen-bond acceptors (Lipinski definition) is 4. The Hall–Kier alpha value is -3.09. The Morgan fingerprint density at radius 1 is 1.21 bits per heavy atom. The number of methoxy groups -OCH3 is 1. The molecule has 0 spiro atoms. The van der Waals surface area contributed by atoms with Gasteiger partial charge in [-0.1, -0.05) is 12.1 Å². The Labute approximate surface area is 138 Å². The molecule has 0 fully saturated rings. The van der Waals surface area contributed by atoms with E-state index < -0.39 is 0 Å². The molecule has 0 bridgehead atoms. The Kier molecular flexibility index (Phi) is 4.60. The lowest BCUT2D eigenvalue weighted by atomic mass is 10.2. The van der Waals surface area contributed by atoms with Crippen molar-refractivity contribution >= 4 is 11.4 Å². The maximum absolute atomic E-state index is 12.2. The van der Waals surface area contributed by atoms with Crippen molar-refractivity contribution in [3.05, 3.63) is 64.8 Å². The van der Waals surface area contributed by atoms with Crippen LogP contribution in [0.2, 0.25) is 0 Å². The number of fused-ring (bicyclic) bond motifs is 1. The molecule has 0 aliphatic carbocycles. The number of aromatic nitrogens is 3. The summed E-state index contributed by atoms with van der Waals surface area (Å²) in [7, 11) is 1.61. The number of ether oxygens (including phenoxy) is 1. The summed E-state index contributed by atoms with van der Waals surface area (Å²) in [5.74, 6) is 0.672. The second-order valence-electron chi connectivity index (χ2n) is 5.33. The van der Waals surface area contributed by atoms with Crippen LogP contribution >= 0.6 is 0 Å². The number of carbonyl (C=O) groups is 1. The first-order valence-electron chi connectivity index (χ1n) is 7.60. The van der Waals surface area contributed by atoms with Crippen molar-refractivity contribution in [3.8, 4) is 5.75 Å². The zero-order valence-electron chi connectivity index (χ0n) is 13.3. The van der Waals surface area contributed by atoms with Crippen molar-refractivity contribution in [2.24, 2.45) is 0 Å². The average Bonchev–Trinajstić information content (AvgIpc) is 3.09. The quantitative estimate of drug-likeness (QED) is 0.739. The number of nitrogens with zero attached hydrogens (tertiary/aromatic N) is 3. The molecule has 0 aliphatic rings. The molecular formula is C17H18N4O3. The molecule has 7 heteroatoms. The Bertz CT molecular complexity index is 896. The SMILES string of the molecule is COc1ccc(CNC(=O)CCn2ccn3nccc3c2=O)cc1. The standard InChI is InChI=1S/C17H18N4O3/c1-24-14-4-2-13(3-5-14)12-18-16(22)7-9-20-10-11-21-15(17(20)23)6-8-19-21/h2-6,8,10-11H,7,9,12H2,1H3,(H,18,22). The Balaban J connectivity index is 1.54. The van der Waals surface area contributed by atoms with E-state index in [4.69, 9.17) is 4.74 Å². The largest absolute Gasteiger partial charge is 0.497 e. The van der Waals surface area contributed by atoms with Crippen molar-refractivity contribution < 1.29 is 9.53 Å². The maximum atomic E-state index is 12.2. The molecule has 2 heterocycles. The second-order valence-corrected chi connectivity index (χ2v) is 5.33. The molecule has 0 atom stereocenters. The Morgan fingerprint density at radius 2 is 2.00 bits per heavy atom. The number of carbonyl (C=O) groups excluding carboxylic acids is 1. The molecule has 0 saturated heterocycles. The van der Waals surface area contributed by atoms with E-state index in [0.29, 0.717) is 18.6 Å². The van der Waals surface area contributed by atoms with Crippen molar-refractivity contribution in [1.82, 2.24) is 19.5 Å². The van der Waals surface area contributed by atoms with Gasteiger partial charge in [0, 0.05) is 31.9 Å².